The van der Waals surface area contributed by atoms with Gasteiger partial charge in [0.1, 0.15) is 11.6 Å². The predicted octanol–water partition coefficient (Wildman–Crippen LogP) is 4.64. The van der Waals surface area contributed by atoms with E-state index in [4.69, 9.17) is 4.74 Å². The van der Waals surface area contributed by atoms with Crippen molar-refractivity contribution >= 4 is 22.1 Å². The van der Waals surface area contributed by atoms with E-state index < -0.39 is 27.6 Å². The molecule has 156 valence electrons. The lowest BCUT2D eigenvalue weighted by molar-refractivity contribution is -0.158. The zero-order valence-corrected chi connectivity index (χ0v) is 18.4. The van der Waals surface area contributed by atoms with E-state index >= 15 is 0 Å². The summed E-state index contributed by atoms with van der Waals surface area (Å²) in [5.74, 6) is -0.850. The molecule has 0 aliphatic rings. The lowest BCUT2D eigenvalue weighted by Gasteiger charge is -2.26. The maximum Gasteiger partial charge on any atom is 0.324 e. The highest BCUT2D eigenvalue weighted by molar-refractivity contribution is 7.89. The van der Waals surface area contributed by atoms with E-state index in [0.717, 1.165) is 16.7 Å². The lowest BCUT2D eigenvalue weighted by atomic mass is 10.0. The third-order valence-electron chi connectivity index (χ3n) is 4.25. The minimum absolute atomic E-state index is 0.0955. The number of carbonyl (C=O) groups is 1. The van der Waals surface area contributed by atoms with Gasteiger partial charge in [0.25, 0.3) is 0 Å². The van der Waals surface area contributed by atoms with Crippen LogP contribution in [0.3, 0.4) is 0 Å². The normalized spacial score (nSPS) is 13.2. The van der Waals surface area contributed by atoms with Crippen molar-refractivity contribution < 1.29 is 17.9 Å². The molecule has 2 rings (SSSR count). The molecule has 0 aliphatic carbocycles. The summed E-state index contributed by atoms with van der Waals surface area (Å²) in [5, 5.41) is 0. The highest BCUT2D eigenvalue weighted by Gasteiger charge is 2.32. The topological polar surface area (TPSA) is 72.5 Å². The van der Waals surface area contributed by atoms with Crippen LogP contribution in [0, 0.1) is 5.92 Å². The van der Waals surface area contributed by atoms with Crippen molar-refractivity contribution in [3.63, 3.8) is 0 Å². The first-order chi connectivity index (χ1) is 13.4. The number of hydrogen-bond donors (Lipinski definition) is 1. The van der Waals surface area contributed by atoms with Crippen molar-refractivity contribution in [1.29, 1.82) is 0 Å². The molecule has 0 amide bonds. The van der Waals surface area contributed by atoms with Crippen LogP contribution in [0.2, 0.25) is 0 Å². The summed E-state index contributed by atoms with van der Waals surface area (Å²) < 4.78 is 33.5. The molecule has 29 heavy (non-hydrogen) atoms. The minimum atomic E-state index is -3.88. The van der Waals surface area contributed by atoms with Crippen LogP contribution in [-0.2, 0) is 19.6 Å². The fraction of sp³-hybridized carbons (Fsp3) is 0.348. The molecule has 6 heteroatoms. The first kappa shape index (κ1) is 22.8. The highest BCUT2D eigenvalue weighted by atomic mass is 32.2. The van der Waals surface area contributed by atoms with Crippen molar-refractivity contribution in [2.45, 2.75) is 51.2 Å². The summed E-state index contributed by atoms with van der Waals surface area (Å²) in [7, 11) is -3.88. The second-order valence-electron chi connectivity index (χ2n) is 8.23. The molecule has 0 saturated carbocycles. The molecule has 1 atom stereocenters. The van der Waals surface area contributed by atoms with Gasteiger partial charge in [-0.1, -0.05) is 62.9 Å². The molecule has 0 aromatic heterocycles. The Hall–Kier alpha value is -2.44. The molecule has 0 heterocycles. The zero-order valence-electron chi connectivity index (χ0n) is 17.6. The van der Waals surface area contributed by atoms with Crippen LogP contribution in [0.15, 0.2) is 60.0 Å². The smallest absolute Gasteiger partial charge is 0.324 e. The van der Waals surface area contributed by atoms with Gasteiger partial charge in [0.15, 0.2) is 0 Å². The maximum absolute atomic E-state index is 12.8. The van der Waals surface area contributed by atoms with Gasteiger partial charge >= 0.3 is 5.97 Å². The van der Waals surface area contributed by atoms with Gasteiger partial charge in [0.05, 0.1) is 4.90 Å². The van der Waals surface area contributed by atoms with Gasteiger partial charge in [-0.2, -0.15) is 4.72 Å². The van der Waals surface area contributed by atoms with Gasteiger partial charge in [-0.15, -0.1) is 0 Å². The third kappa shape index (κ3) is 6.27. The lowest BCUT2D eigenvalue weighted by Crippen LogP contribution is -2.47. The number of sulfonamides is 1. The number of nitrogens with one attached hydrogen (secondary N) is 1. The number of rotatable bonds is 7. The van der Waals surface area contributed by atoms with Gasteiger partial charge in [-0.25, -0.2) is 8.42 Å². The largest absolute Gasteiger partial charge is 0.459 e. The SMILES string of the molecule is C=Cc1ccc(-c2ccc(S(=O)(=O)N[C@@H](C(=O)OC(C)(C)C)C(C)C)cc2)cc1. The number of hydrogen-bond acceptors (Lipinski definition) is 4. The van der Waals surface area contributed by atoms with Gasteiger partial charge in [0, 0.05) is 0 Å². The quantitative estimate of drug-likeness (QED) is 0.669. The van der Waals surface area contributed by atoms with E-state index in [1.165, 1.54) is 12.1 Å². The Balaban J connectivity index is 2.22. The van der Waals surface area contributed by atoms with E-state index in [-0.39, 0.29) is 10.8 Å². The molecule has 5 nitrogen and oxygen atoms in total. The van der Waals surface area contributed by atoms with Gasteiger partial charge in [-0.05, 0) is 55.5 Å². The molecule has 2 aromatic rings. The molecule has 1 N–H and O–H groups in total. The fourth-order valence-corrected chi connectivity index (χ4v) is 4.03. The van der Waals surface area contributed by atoms with E-state index in [1.807, 2.05) is 24.3 Å². The molecule has 0 unspecified atom stereocenters. The van der Waals surface area contributed by atoms with E-state index in [9.17, 15) is 13.2 Å². The monoisotopic (exact) mass is 415 g/mol. The van der Waals surface area contributed by atoms with Gasteiger partial charge < -0.3 is 4.74 Å². The summed E-state index contributed by atoms with van der Waals surface area (Å²) >= 11 is 0. The standard InChI is InChI=1S/C23H29NO4S/c1-7-17-8-10-18(11-9-17)19-12-14-20(15-13-19)29(26,27)24-21(16(2)3)22(25)28-23(4,5)6/h7-16,21,24H,1H2,2-6H3/t21-/m1/s1. The Morgan fingerprint density at radius 1 is 1.00 bits per heavy atom. The Kier molecular flexibility index (Phi) is 7.03. The van der Waals surface area contributed by atoms with Crippen molar-refractivity contribution in [3.05, 3.63) is 60.7 Å². The first-order valence-electron chi connectivity index (χ1n) is 9.51. The van der Waals surface area contributed by atoms with Gasteiger partial charge in [-0.3, -0.25) is 4.79 Å². The maximum atomic E-state index is 12.8. The summed E-state index contributed by atoms with van der Waals surface area (Å²) in [5.41, 5.74) is 2.19. The molecule has 0 saturated heterocycles. The van der Waals surface area contributed by atoms with Crippen LogP contribution in [0.25, 0.3) is 17.2 Å². The Morgan fingerprint density at radius 3 is 1.90 bits per heavy atom. The van der Waals surface area contributed by atoms with E-state index in [1.54, 1.807) is 52.8 Å². The third-order valence-corrected chi connectivity index (χ3v) is 5.71. The number of carbonyl (C=O) groups excluding carboxylic acids is 1. The number of esters is 1. The molecule has 0 aliphatic heterocycles. The van der Waals surface area contributed by atoms with Crippen LogP contribution >= 0.6 is 0 Å². The summed E-state index contributed by atoms with van der Waals surface area (Å²) in [6.45, 7) is 12.5. The summed E-state index contributed by atoms with van der Waals surface area (Å²) in [6.07, 6.45) is 1.76. The zero-order chi connectivity index (χ0) is 21.8. The average molecular weight is 416 g/mol. The second-order valence-corrected chi connectivity index (χ2v) is 9.94. The number of benzene rings is 2. The van der Waals surface area contributed by atoms with Crippen molar-refractivity contribution in [1.82, 2.24) is 4.72 Å². The Bertz CT molecular complexity index is 953. The molecule has 0 spiro atoms. The number of ether oxygens (including phenoxy) is 1. The van der Waals surface area contributed by atoms with Crippen molar-refractivity contribution in [2.24, 2.45) is 5.92 Å². The summed E-state index contributed by atoms with van der Waals surface area (Å²) in [6, 6.07) is 13.4. The van der Waals surface area contributed by atoms with E-state index in [0.29, 0.717) is 0 Å². The van der Waals surface area contributed by atoms with Crippen LogP contribution in [0.1, 0.15) is 40.2 Å². The molecular formula is C23H29NO4S. The minimum Gasteiger partial charge on any atom is -0.459 e. The second kappa shape index (κ2) is 8.93. The van der Waals surface area contributed by atoms with Crippen LogP contribution in [0.4, 0.5) is 0 Å². The Morgan fingerprint density at radius 2 is 1.48 bits per heavy atom. The highest BCUT2D eigenvalue weighted by Crippen LogP contribution is 2.23. The summed E-state index contributed by atoms with van der Waals surface area (Å²) in [4.78, 5) is 12.5. The van der Waals surface area contributed by atoms with Crippen LogP contribution in [-0.4, -0.2) is 26.0 Å². The van der Waals surface area contributed by atoms with Crippen LogP contribution in [0.5, 0.6) is 0 Å². The Labute approximate surface area is 173 Å². The molecular weight excluding hydrogens is 386 g/mol. The van der Waals surface area contributed by atoms with E-state index in [2.05, 4.69) is 11.3 Å². The fourth-order valence-electron chi connectivity index (χ4n) is 2.70. The molecule has 0 radical (unpaired) electrons. The molecule has 0 fully saturated rings. The van der Waals surface area contributed by atoms with Gasteiger partial charge in [0.2, 0.25) is 10.0 Å². The van der Waals surface area contributed by atoms with Crippen molar-refractivity contribution in [3.8, 4) is 11.1 Å². The van der Waals surface area contributed by atoms with Crippen molar-refractivity contribution in [2.75, 3.05) is 0 Å². The molecule has 2 aromatic carbocycles. The predicted molar refractivity (Wildman–Crippen MR) is 117 cm³/mol. The molecule has 0 bridgehead atoms. The van der Waals surface area contributed by atoms with Crippen LogP contribution < -0.4 is 4.72 Å². The first-order valence-corrected chi connectivity index (χ1v) is 11.0. The average Bonchev–Trinajstić information content (AvgIpc) is 2.64.